The van der Waals surface area contributed by atoms with Gasteiger partial charge in [0.25, 0.3) is 0 Å². The number of carbonyl (C=O) groups is 1. The number of ether oxygens (including phenoxy) is 1. The Hall–Kier alpha value is -0.860. The summed E-state index contributed by atoms with van der Waals surface area (Å²) in [7, 11) is 3.52. The molecule has 20 heavy (non-hydrogen) atoms. The molecule has 0 bridgehead atoms. The average molecular weight is 316 g/mol. The van der Waals surface area contributed by atoms with Crippen LogP contribution in [0, 0.1) is 0 Å². The number of thioether (sulfide) groups is 1. The van der Waals surface area contributed by atoms with E-state index in [1.165, 1.54) is 23.1 Å². The molecule has 2 unspecified atom stereocenters. The van der Waals surface area contributed by atoms with Gasteiger partial charge in [0, 0.05) is 27.2 Å². The zero-order chi connectivity index (χ0) is 14.5. The number of rotatable bonds is 6. The minimum atomic E-state index is -0.149. The highest BCUT2D eigenvalue weighted by molar-refractivity contribution is 8.02. The van der Waals surface area contributed by atoms with Crippen molar-refractivity contribution in [2.24, 2.45) is 0 Å². The van der Waals surface area contributed by atoms with Gasteiger partial charge in [-0.3, -0.25) is 4.79 Å². The third-order valence-corrected chi connectivity index (χ3v) is 5.03. The molecule has 1 N–H and O–H groups in total. The fraction of sp³-hybridized carbons (Fsp3) is 0.750. The molecule has 0 spiro atoms. The fourth-order valence-electron chi connectivity index (χ4n) is 1.90. The van der Waals surface area contributed by atoms with Gasteiger partial charge in [-0.1, -0.05) is 23.1 Å². The van der Waals surface area contributed by atoms with Gasteiger partial charge in [-0.15, -0.1) is 10.2 Å². The van der Waals surface area contributed by atoms with Crippen molar-refractivity contribution in [3.05, 3.63) is 0 Å². The molecule has 6 nitrogen and oxygen atoms in total. The van der Waals surface area contributed by atoms with E-state index in [9.17, 15) is 4.79 Å². The zero-order valence-electron chi connectivity index (χ0n) is 12.0. The van der Waals surface area contributed by atoms with E-state index in [4.69, 9.17) is 4.74 Å². The number of aromatic nitrogens is 2. The lowest BCUT2D eigenvalue weighted by Crippen LogP contribution is -2.29. The van der Waals surface area contributed by atoms with Crippen molar-refractivity contribution in [1.29, 1.82) is 0 Å². The van der Waals surface area contributed by atoms with Crippen LogP contribution in [0.15, 0.2) is 4.34 Å². The Morgan fingerprint density at radius 1 is 1.60 bits per heavy atom. The Morgan fingerprint density at radius 2 is 2.40 bits per heavy atom. The molecule has 112 valence electrons. The van der Waals surface area contributed by atoms with E-state index in [1.807, 2.05) is 6.92 Å². The van der Waals surface area contributed by atoms with Crippen molar-refractivity contribution in [2.75, 3.05) is 32.6 Å². The lowest BCUT2D eigenvalue weighted by atomic mass is 10.2. The summed E-state index contributed by atoms with van der Waals surface area (Å²) in [6.45, 7) is 3.51. The van der Waals surface area contributed by atoms with Gasteiger partial charge in [0.1, 0.15) is 0 Å². The normalized spacial score (nSPS) is 19.9. The van der Waals surface area contributed by atoms with Gasteiger partial charge in [-0.05, 0) is 19.8 Å². The predicted molar refractivity (Wildman–Crippen MR) is 81.4 cm³/mol. The molecular weight excluding hydrogens is 296 g/mol. The summed E-state index contributed by atoms with van der Waals surface area (Å²) in [6, 6.07) is 0. The van der Waals surface area contributed by atoms with Crippen LogP contribution in [0.25, 0.3) is 0 Å². The number of hydrogen-bond donors (Lipinski definition) is 1. The predicted octanol–water partition coefficient (Wildman–Crippen LogP) is 1.70. The molecule has 1 saturated heterocycles. The van der Waals surface area contributed by atoms with Crippen LogP contribution in [0.3, 0.4) is 0 Å². The molecule has 1 aromatic rings. The van der Waals surface area contributed by atoms with Crippen molar-refractivity contribution in [1.82, 2.24) is 15.1 Å². The summed E-state index contributed by atoms with van der Waals surface area (Å²) in [5, 5.41) is 12.1. The van der Waals surface area contributed by atoms with E-state index in [-0.39, 0.29) is 17.3 Å². The highest BCUT2D eigenvalue weighted by Crippen LogP contribution is 2.29. The Labute approximate surface area is 127 Å². The van der Waals surface area contributed by atoms with Gasteiger partial charge in [-0.25, -0.2) is 0 Å². The number of nitrogens with zero attached hydrogens (tertiary/aromatic N) is 3. The van der Waals surface area contributed by atoms with Crippen LogP contribution in [0.5, 0.6) is 0 Å². The molecule has 1 aliphatic rings. The van der Waals surface area contributed by atoms with Crippen molar-refractivity contribution in [3.63, 3.8) is 0 Å². The van der Waals surface area contributed by atoms with E-state index >= 15 is 0 Å². The first-order valence-electron chi connectivity index (χ1n) is 6.63. The van der Waals surface area contributed by atoms with Crippen molar-refractivity contribution >= 4 is 34.1 Å². The average Bonchev–Trinajstić information content (AvgIpc) is 3.06. The third-order valence-electron chi connectivity index (χ3n) is 2.98. The maximum absolute atomic E-state index is 11.8. The second kappa shape index (κ2) is 7.24. The van der Waals surface area contributed by atoms with Crippen LogP contribution in [0.2, 0.25) is 0 Å². The van der Waals surface area contributed by atoms with Crippen LogP contribution in [-0.4, -0.2) is 59.6 Å². The topological polar surface area (TPSA) is 67.4 Å². The van der Waals surface area contributed by atoms with E-state index < -0.39 is 0 Å². The quantitative estimate of drug-likeness (QED) is 0.806. The fourth-order valence-corrected chi connectivity index (χ4v) is 3.95. The second-order valence-electron chi connectivity index (χ2n) is 4.88. The maximum Gasteiger partial charge on any atom is 0.235 e. The summed E-state index contributed by atoms with van der Waals surface area (Å²) >= 11 is 2.92. The van der Waals surface area contributed by atoms with Gasteiger partial charge in [0.05, 0.1) is 11.4 Å². The van der Waals surface area contributed by atoms with Gasteiger partial charge in [-0.2, -0.15) is 0 Å². The number of amides is 1. The molecule has 0 aliphatic carbocycles. The minimum absolute atomic E-state index is 0.0825. The molecule has 2 atom stereocenters. The molecular formula is C12H20N4O2S2. The molecule has 1 fully saturated rings. The Bertz CT molecular complexity index is 446. The minimum Gasteiger partial charge on any atom is -0.376 e. The molecule has 2 rings (SSSR count). The maximum atomic E-state index is 11.8. The van der Waals surface area contributed by atoms with Gasteiger partial charge >= 0.3 is 0 Å². The number of anilines is 1. The summed E-state index contributed by atoms with van der Waals surface area (Å²) in [5.41, 5.74) is 0. The standard InChI is InChI=1S/C12H20N4O2S2/c1-8(10(17)16(2)3)19-12-15-14-11(20-12)13-7-9-5-4-6-18-9/h8-9H,4-7H2,1-3H3,(H,13,14). The lowest BCUT2D eigenvalue weighted by Gasteiger charge is -2.14. The first kappa shape index (κ1) is 15.5. The van der Waals surface area contributed by atoms with Crippen LogP contribution in [-0.2, 0) is 9.53 Å². The Morgan fingerprint density at radius 3 is 3.05 bits per heavy atom. The highest BCUT2D eigenvalue weighted by Gasteiger charge is 2.19. The molecule has 1 aliphatic heterocycles. The van der Waals surface area contributed by atoms with E-state index in [2.05, 4.69) is 15.5 Å². The monoisotopic (exact) mass is 316 g/mol. The lowest BCUT2D eigenvalue weighted by molar-refractivity contribution is -0.127. The van der Waals surface area contributed by atoms with Crippen LogP contribution < -0.4 is 5.32 Å². The van der Waals surface area contributed by atoms with E-state index in [0.29, 0.717) is 0 Å². The zero-order valence-corrected chi connectivity index (χ0v) is 13.6. The van der Waals surface area contributed by atoms with Crippen LogP contribution in [0.4, 0.5) is 5.13 Å². The van der Waals surface area contributed by atoms with Crippen LogP contribution in [0.1, 0.15) is 19.8 Å². The van der Waals surface area contributed by atoms with Crippen molar-refractivity contribution < 1.29 is 9.53 Å². The first-order valence-corrected chi connectivity index (χ1v) is 8.32. The summed E-state index contributed by atoms with van der Waals surface area (Å²) in [4.78, 5) is 13.4. The van der Waals surface area contributed by atoms with Crippen molar-refractivity contribution in [2.45, 2.75) is 35.5 Å². The highest BCUT2D eigenvalue weighted by atomic mass is 32.2. The summed E-state index contributed by atoms with van der Waals surface area (Å²) in [5.74, 6) is 0.0825. The van der Waals surface area contributed by atoms with Crippen molar-refractivity contribution in [3.8, 4) is 0 Å². The molecule has 0 radical (unpaired) electrons. The number of carbonyl (C=O) groups excluding carboxylic acids is 1. The second-order valence-corrected chi connectivity index (χ2v) is 7.45. The largest absolute Gasteiger partial charge is 0.376 e. The summed E-state index contributed by atoms with van der Waals surface area (Å²) in [6.07, 6.45) is 2.51. The number of hydrogen-bond acceptors (Lipinski definition) is 7. The number of nitrogens with one attached hydrogen (secondary N) is 1. The molecule has 1 amide bonds. The summed E-state index contributed by atoms with van der Waals surface area (Å²) < 4.78 is 6.35. The van der Waals surface area contributed by atoms with Gasteiger partial charge in [0.15, 0.2) is 4.34 Å². The smallest absolute Gasteiger partial charge is 0.235 e. The van der Waals surface area contributed by atoms with E-state index in [1.54, 1.807) is 19.0 Å². The SMILES string of the molecule is CC(Sc1nnc(NCC2CCCO2)s1)C(=O)N(C)C. The molecule has 1 aromatic heterocycles. The first-order chi connectivity index (χ1) is 9.56. The molecule has 0 saturated carbocycles. The molecule has 8 heteroatoms. The molecule has 0 aromatic carbocycles. The molecule has 2 heterocycles. The van der Waals surface area contributed by atoms with Gasteiger partial charge < -0.3 is 15.0 Å². The van der Waals surface area contributed by atoms with E-state index in [0.717, 1.165) is 35.5 Å². The van der Waals surface area contributed by atoms with Gasteiger partial charge in [0.2, 0.25) is 11.0 Å². The van der Waals surface area contributed by atoms with Crippen LogP contribution >= 0.6 is 23.1 Å². The third kappa shape index (κ3) is 4.32. The Balaban J connectivity index is 1.80. The Kier molecular flexibility index (Phi) is 5.62.